The molecule has 1 aromatic carbocycles. The summed E-state index contributed by atoms with van der Waals surface area (Å²) in [5.41, 5.74) is 3.02. The largest absolute Gasteiger partial charge is 0.0887 e. The SMILES string of the molecule is C/C=C(/C)CCC(CCC)Cc1ccccc1. The monoisotopic (exact) mass is 230 g/mol. The van der Waals surface area contributed by atoms with Crippen LogP contribution >= 0.6 is 0 Å². The Morgan fingerprint density at radius 1 is 1.18 bits per heavy atom. The summed E-state index contributed by atoms with van der Waals surface area (Å²) < 4.78 is 0. The van der Waals surface area contributed by atoms with E-state index in [1.165, 1.54) is 43.2 Å². The maximum absolute atomic E-state index is 2.29. The number of rotatable bonds is 7. The van der Waals surface area contributed by atoms with Crippen LogP contribution in [-0.2, 0) is 6.42 Å². The molecule has 0 saturated heterocycles. The van der Waals surface area contributed by atoms with Crippen molar-refractivity contribution in [3.8, 4) is 0 Å². The first-order valence-electron chi connectivity index (χ1n) is 6.92. The number of hydrogen-bond acceptors (Lipinski definition) is 0. The van der Waals surface area contributed by atoms with Crippen LogP contribution in [0.4, 0.5) is 0 Å². The van der Waals surface area contributed by atoms with E-state index >= 15 is 0 Å². The van der Waals surface area contributed by atoms with Gasteiger partial charge in [-0.1, -0.05) is 61.7 Å². The van der Waals surface area contributed by atoms with Crippen molar-refractivity contribution in [1.82, 2.24) is 0 Å². The first-order chi connectivity index (χ1) is 8.26. The zero-order valence-corrected chi connectivity index (χ0v) is 11.6. The predicted molar refractivity (Wildman–Crippen MR) is 77.2 cm³/mol. The van der Waals surface area contributed by atoms with Gasteiger partial charge in [-0.3, -0.25) is 0 Å². The lowest BCUT2D eigenvalue weighted by atomic mass is 9.89. The van der Waals surface area contributed by atoms with Crippen molar-refractivity contribution in [2.24, 2.45) is 5.92 Å². The summed E-state index contributed by atoms with van der Waals surface area (Å²) in [5, 5.41) is 0. The Labute approximate surface area is 107 Å². The maximum Gasteiger partial charge on any atom is -0.0250 e. The molecule has 0 saturated carbocycles. The highest BCUT2D eigenvalue weighted by atomic mass is 14.1. The van der Waals surface area contributed by atoms with Crippen LogP contribution in [-0.4, -0.2) is 0 Å². The van der Waals surface area contributed by atoms with Crippen molar-refractivity contribution >= 4 is 0 Å². The Morgan fingerprint density at radius 3 is 2.47 bits per heavy atom. The van der Waals surface area contributed by atoms with Gasteiger partial charge in [0.25, 0.3) is 0 Å². The quantitative estimate of drug-likeness (QED) is 0.551. The van der Waals surface area contributed by atoms with Gasteiger partial charge in [0.05, 0.1) is 0 Å². The molecule has 17 heavy (non-hydrogen) atoms. The van der Waals surface area contributed by atoms with Crippen molar-refractivity contribution in [2.45, 2.75) is 52.9 Å². The second kappa shape index (κ2) is 8.11. The van der Waals surface area contributed by atoms with Crippen LogP contribution in [0.5, 0.6) is 0 Å². The van der Waals surface area contributed by atoms with Gasteiger partial charge in [0.15, 0.2) is 0 Å². The van der Waals surface area contributed by atoms with Crippen molar-refractivity contribution in [2.75, 3.05) is 0 Å². The molecule has 1 atom stereocenters. The van der Waals surface area contributed by atoms with E-state index in [2.05, 4.69) is 57.2 Å². The molecular formula is C17H26. The second-order valence-corrected chi connectivity index (χ2v) is 5.02. The Hall–Kier alpha value is -1.04. The third-order valence-corrected chi connectivity index (χ3v) is 3.50. The molecule has 0 amide bonds. The third kappa shape index (κ3) is 5.72. The van der Waals surface area contributed by atoms with Gasteiger partial charge in [0, 0.05) is 0 Å². The van der Waals surface area contributed by atoms with E-state index in [4.69, 9.17) is 0 Å². The summed E-state index contributed by atoms with van der Waals surface area (Å²) in [5.74, 6) is 0.845. The fraction of sp³-hybridized carbons (Fsp3) is 0.529. The summed E-state index contributed by atoms with van der Waals surface area (Å²) in [6, 6.07) is 10.9. The summed E-state index contributed by atoms with van der Waals surface area (Å²) >= 11 is 0. The van der Waals surface area contributed by atoms with E-state index in [1.54, 1.807) is 0 Å². The van der Waals surface area contributed by atoms with E-state index < -0.39 is 0 Å². The highest BCUT2D eigenvalue weighted by Crippen LogP contribution is 2.21. The molecule has 1 unspecified atom stereocenters. The van der Waals surface area contributed by atoms with Crippen LogP contribution in [0.2, 0.25) is 0 Å². The van der Waals surface area contributed by atoms with Gasteiger partial charge in [-0.05, 0) is 44.6 Å². The topological polar surface area (TPSA) is 0 Å². The summed E-state index contributed by atoms with van der Waals surface area (Å²) in [4.78, 5) is 0. The molecule has 0 aliphatic rings. The molecule has 0 aromatic heterocycles. The van der Waals surface area contributed by atoms with Crippen LogP contribution in [0.25, 0.3) is 0 Å². The summed E-state index contributed by atoms with van der Waals surface area (Å²) in [6.07, 6.45) is 8.72. The number of benzene rings is 1. The molecule has 0 spiro atoms. The van der Waals surface area contributed by atoms with E-state index in [-0.39, 0.29) is 0 Å². The smallest absolute Gasteiger partial charge is 0.0250 e. The van der Waals surface area contributed by atoms with Gasteiger partial charge in [0.1, 0.15) is 0 Å². The third-order valence-electron chi connectivity index (χ3n) is 3.50. The van der Waals surface area contributed by atoms with Crippen LogP contribution in [0, 0.1) is 5.92 Å². The average molecular weight is 230 g/mol. The highest BCUT2D eigenvalue weighted by molar-refractivity contribution is 5.15. The maximum atomic E-state index is 2.29. The molecule has 0 radical (unpaired) electrons. The molecule has 0 heteroatoms. The first kappa shape index (κ1) is 14.0. The molecule has 0 aliphatic heterocycles. The van der Waals surface area contributed by atoms with Crippen molar-refractivity contribution in [1.29, 1.82) is 0 Å². The van der Waals surface area contributed by atoms with Crippen LogP contribution in [0.3, 0.4) is 0 Å². The van der Waals surface area contributed by atoms with Gasteiger partial charge in [-0.25, -0.2) is 0 Å². The molecule has 0 heterocycles. The minimum Gasteiger partial charge on any atom is -0.0887 e. The molecule has 0 bridgehead atoms. The summed E-state index contributed by atoms with van der Waals surface area (Å²) in [7, 11) is 0. The Kier molecular flexibility index (Phi) is 6.69. The van der Waals surface area contributed by atoms with Gasteiger partial charge < -0.3 is 0 Å². The summed E-state index contributed by atoms with van der Waals surface area (Å²) in [6.45, 7) is 6.67. The van der Waals surface area contributed by atoms with Crippen molar-refractivity contribution in [3.63, 3.8) is 0 Å². The van der Waals surface area contributed by atoms with Crippen molar-refractivity contribution in [3.05, 3.63) is 47.5 Å². The van der Waals surface area contributed by atoms with Crippen LogP contribution in [0.1, 0.15) is 52.0 Å². The lowest BCUT2D eigenvalue weighted by Gasteiger charge is -2.16. The Bertz CT molecular complexity index is 321. The average Bonchev–Trinajstić information content (AvgIpc) is 2.37. The molecule has 0 aliphatic carbocycles. The van der Waals surface area contributed by atoms with E-state index in [0.29, 0.717) is 0 Å². The number of allylic oxidation sites excluding steroid dienone is 2. The van der Waals surface area contributed by atoms with E-state index in [1.807, 2.05) is 0 Å². The Balaban J connectivity index is 2.48. The zero-order chi connectivity index (χ0) is 12.5. The van der Waals surface area contributed by atoms with Crippen molar-refractivity contribution < 1.29 is 0 Å². The standard InChI is InChI=1S/C17H26/c1-4-9-16(13-12-15(3)5-2)14-17-10-7-6-8-11-17/h5-8,10-11,16H,4,9,12-14H2,1-3H3/b15-5-. The molecule has 94 valence electrons. The van der Waals surface area contributed by atoms with Crippen LogP contribution < -0.4 is 0 Å². The lowest BCUT2D eigenvalue weighted by Crippen LogP contribution is -2.04. The molecule has 0 fully saturated rings. The molecule has 0 nitrogen and oxygen atoms in total. The van der Waals surface area contributed by atoms with Crippen LogP contribution in [0.15, 0.2) is 42.0 Å². The van der Waals surface area contributed by atoms with E-state index in [9.17, 15) is 0 Å². The highest BCUT2D eigenvalue weighted by Gasteiger charge is 2.08. The van der Waals surface area contributed by atoms with Gasteiger partial charge >= 0.3 is 0 Å². The minimum atomic E-state index is 0.845. The fourth-order valence-electron chi connectivity index (χ4n) is 2.28. The van der Waals surface area contributed by atoms with Gasteiger partial charge in [-0.2, -0.15) is 0 Å². The molecule has 1 aromatic rings. The molecular weight excluding hydrogens is 204 g/mol. The Morgan fingerprint density at radius 2 is 1.88 bits per heavy atom. The normalized spacial score (nSPS) is 13.7. The molecule has 1 rings (SSSR count). The van der Waals surface area contributed by atoms with Gasteiger partial charge in [-0.15, -0.1) is 0 Å². The predicted octanol–water partition coefficient (Wildman–Crippen LogP) is 5.39. The number of hydrogen-bond donors (Lipinski definition) is 0. The van der Waals surface area contributed by atoms with Gasteiger partial charge in [0.2, 0.25) is 0 Å². The lowest BCUT2D eigenvalue weighted by molar-refractivity contribution is 0.442. The second-order valence-electron chi connectivity index (χ2n) is 5.02. The first-order valence-corrected chi connectivity index (χ1v) is 6.92. The van der Waals surface area contributed by atoms with E-state index in [0.717, 1.165) is 5.92 Å². The zero-order valence-electron chi connectivity index (χ0n) is 11.6. The minimum absolute atomic E-state index is 0.845. The molecule has 0 N–H and O–H groups in total. The fourth-order valence-corrected chi connectivity index (χ4v) is 2.28.